The predicted octanol–water partition coefficient (Wildman–Crippen LogP) is 9.64. The molecule has 13 nitrogen and oxygen atoms in total. The quantitative estimate of drug-likeness (QED) is 0.0362. The lowest BCUT2D eigenvalue weighted by Crippen LogP contribution is -2.40. The van der Waals surface area contributed by atoms with Crippen molar-refractivity contribution in [3.8, 4) is 16.9 Å². The smallest absolute Gasteiger partial charge is 0.410 e. The van der Waals surface area contributed by atoms with Gasteiger partial charge in [-0.15, -0.1) is 0 Å². The second-order valence-electron chi connectivity index (χ2n) is 18.0. The van der Waals surface area contributed by atoms with Gasteiger partial charge >= 0.3 is 12.1 Å². The molecule has 0 aliphatic heterocycles. The number of aromatic nitrogens is 3. The summed E-state index contributed by atoms with van der Waals surface area (Å²) in [4.78, 5) is 28.8. The van der Waals surface area contributed by atoms with Crippen LogP contribution in [0.1, 0.15) is 88.7 Å². The molecule has 0 fully saturated rings. The van der Waals surface area contributed by atoms with Crippen molar-refractivity contribution in [2.45, 2.75) is 111 Å². The fourth-order valence-electron chi connectivity index (χ4n) is 7.07. The number of esters is 1. The summed E-state index contributed by atoms with van der Waals surface area (Å²) in [6.07, 6.45) is 2.13. The molecule has 0 atom stereocenters. The molecule has 332 valence electrons. The third-order valence-corrected chi connectivity index (χ3v) is 16.1. The van der Waals surface area contributed by atoms with E-state index in [1.165, 1.54) is 4.90 Å². The first-order valence-electron chi connectivity index (χ1n) is 20.9. The van der Waals surface area contributed by atoms with Crippen LogP contribution < -0.4 is 4.74 Å². The molecule has 0 spiro atoms. The first kappa shape index (κ1) is 47.3. The van der Waals surface area contributed by atoms with Gasteiger partial charge in [-0.2, -0.15) is 13.5 Å². The van der Waals surface area contributed by atoms with Gasteiger partial charge in [0, 0.05) is 49.1 Å². The van der Waals surface area contributed by atoms with Crippen molar-refractivity contribution in [3.63, 3.8) is 0 Å². The summed E-state index contributed by atoms with van der Waals surface area (Å²) in [5, 5.41) is 7.78. The monoisotopic (exact) mass is 876 g/mol. The maximum atomic E-state index is 14.2. The normalized spacial score (nSPS) is 12.6. The highest BCUT2D eigenvalue weighted by atomic mass is 32.2. The Hall–Kier alpha value is -4.70. The van der Waals surface area contributed by atoms with Crippen LogP contribution in [0.4, 0.5) is 4.79 Å². The van der Waals surface area contributed by atoms with Gasteiger partial charge < -0.3 is 28.1 Å². The third-order valence-electron chi connectivity index (χ3n) is 11.1. The molecule has 0 bridgehead atoms. The number of ether oxygens (including phenoxy) is 3. The molecule has 5 rings (SSSR count). The fourth-order valence-corrected chi connectivity index (χ4v) is 8.32. The molecule has 3 aromatic carbocycles. The number of nitrogens with zero attached hydrogens (tertiary/aromatic N) is 4. The molecule has 0 saturated heterocycles. The Morgan fingerprint density at radius 1 is 0.902 bits per heavy atom. The van der Waals surface area contributed by atoms with E-state index in [-0.39, 0.29) is 24.9 Å². The van der Waals surface area contributed by atoms with Gasteiger partial charge in [0.2, 0.25) is 0 Å². The van der Waals surface area contributed by atoms with Crippen LogP contribution in [0, 0.1) is 0 Å². The zero-order valence-electron chi connectivity index (χ0n) is 38.0. The van der Waals surface area contributed by atoms with Crippen molar-refractivity contribution in [1.82, 2.24) is 19.2 Å². The van der Waals surface area contributed by atoms with Gasteiger partial charge in [-0.3, -0.25) is 8.86 Å². The van der Waals surface area contributed by atoms with E-state index in [0.717, 1.165) is 44.8 Å². The SMILES string of the molecule is CCOC(=O)c1c(CCCOc2cccc3ccccc23)c2cccc(-c3c(CO[Si](C)(C)C(C)(C)C)nn(C)c3COS(C)(=O)=O)c2n1CCCN(C)C(=O)OC(C)(C)C. The Bertz CT molecular complexity index is 2460. The maximum absolute atomic E-state index is 14.2. The number of amides is 1. The highest BCUT2D eigenvalue weighted by molar-refractivity contribution is 7.85. The summed E-state index contributed by atoms with van der Waals surface area (Å²) in [5.74, 6) is 0.318. The van der Waals surface area contributed by atoms with Gasteiger partial charge in [0.15, 0.2) is 8.32 Å². The van der Waals surface area contributed by atoms with E-state index in [0.29, 0.717) is 61.6 Å². The summed E-state index contributed by atoms with van der Waals surface area (Å²) in [6.45, 7) is 19.3. The van der Waals surface area contributed by atoms with Crippen molar-refractivity contribution in [2.75, 3.05) is 33.1 Å². The summed E-state index contributed by atoms with van der Waals surface area (Å²) in [6, 6.07) is 20.0. The maximum Gasteiger partial charge on any atom is 0.410 e. The number of carbonyl (C=O) groups excluding carboxylic acids is 2. The first-order chi connectivity index (χ1) is 28.5. The lowest BCUT2D eigenvalue weighted by molar-refractivity contribution is 0.0294. The average molecular weight is 877 g/mol. The number of benzene rings is 3. The summed E-state index contributed by atoms with van der Waals surface area (Å²) < 4.78 is 58.3. The number of carbonyl (C=O) groups is 2. The molecule has 0 aliphatic rings. The highest BCUT2D eigenvalue weighted by Crippen LogP contribution is 2.41. The summed E-state index contributed by atoms with van der Waals surface area (Å²) >= 11 is 0. The molecule has 2 aromatic heterocycles. The largest absolute Gasteiger partial charge is 0.493 e. The zero-order valence-corrected chi connectivity index (χ0v) is 39.8. The van der Waals surface area contributed by atoms with Gasteiger partial charge in [-0.05, 0) is 82.1 Å². The van der Waals surface area contributed by atoms with E-state index >= 15 is 0 Å². The number of hydrogen-bond donors (Lipinski definition) is 0. The predicted molar refractivity (Wildman–Crippen MR) is 243 cm³/mol. The van der Waals surface area contributed by atoms with E-state index in [9.17, 15) is 18.0 Å². The molecule has 0 N–H and O–H groups in total. The Morgan fingerprint density at radius 3 is 2.25 bits per heavy atom. The number of rotatable bonds is 18. The molecule has 1 amide bonds. The van der Waals surface area contributed by atoms with Crippen molar-refractivity contribution < 1.29 is 40.8 Å². The van der Waals surface area contributed by atoms with Crippen LogP contribution in [0.15, 0.2) is 60.7 Å². The van der Waals surface area contributed by atoms with Crippen LogP contribution in [0.3, 0.4) is 0 Å². The van der Waals surface area contributed by atoms with Crippen LogP contribution in [0.25, 0.3) is 32.8 Å². The molecular formula is C46H64N4O9SSi. The van der Waals surface area contributed by atoms with E-state index in [1.807, 2.05) is 73.9 Å². The van der Waals surface area contributed by atoms with Crippen molar-refractivity contribution in [2.24, 2.45) is 7.05 Å². The van der Waals surface area contributed by atoms with Crippen LogP contribution >= 0.6 is 0 Å². The van der Waals surface area contributed by atoms with Gasteiger partial charge in [-0.1, -0.05) is 75.4 Å². The van der Waals surface area contributed by atoms with Crippen molar-refractivity contribution in [1.29, 1.82) is 0 Å². The summed E-state index contributed by atoms with van der Waals surface area (Å²) in [5.41, 5.74) is 3.85. The zero-order chi connectivity index (χ0) is 44.9. The molecule has 0 saturated carbocycles. The summed E-state index contributed by atoms with van der Waals surface area (Å²) in [7, 11) is -2.64. The lowest BCUT2D eigenvalue weighted by Gasteiger charge is -2.36. The minimum absolute atomic E-state index is 0.0773. The van der Waals surface area contributed by atoms with Crippen LogP contribution in [-0.4, -0.2) is 86.7 Å². The van der Waals surface area contributed by atoms with Gasteiger partial charge in [0.05, 0.1) is 43.0 Å². The highest BCUT2D eigenvalue weighted by Gasteiger charge is 2.38. The topological polar surface area (TPSA) is 140 Å². The second-order valence-corrected chi connectivity index (χ2v) is 24.4. The Labute approximate surface area is 362 Å². The first-order valence-corrected chi connectivity index (χ1v) is 25.6. The third kappa shape index (κ3) is 11.6. The van der Waals surface area contributed by atoms with E-state index in [1.54, 1.807) is 25.7 Å². The molecule has 0 aliphatic carbocycles. The number of hydrogen-bond acceptors (Lipinski definition) is 10. The second kappa shape index (κ2) is 19.1. The Morgan fingerprint density at radius 2 is 1.57 bits per heavy atom. The van der Waals surface area contributed by atoms with Gasteiger partial charge in [0.25, 0.3) is 10.1 Å². The fraction of sp³-hybridized carbons (Fsp3) is 0.500. The van der Waals surface area contributed by atoms with E-state index < -0.39 is 36.1 Å². The van der Waals surface area contributed by atoms with Crippen LogP contribution in [-0.2, 0) is 61.4 Å². The molecule has 5 aromatic rings. The number of para-hydroxylation sites is 1. The standard InChI is InChI=1S/C46H64N4O9SSi/c1-13-55-43(51)42-35(25-18-29-56-39-26-16-21-32-20-14-15-22-33(32)39)34-23-17-24-36(41(34)50(42)28-19-27-48(8)44(52)59-45(2,3)4)40-37(30-58-61(11,12)46(5,6)7)47-49(9)38(40)31-57-60(10,53)54/h14-17,20-24,26H,13,18-19,25,27-31H2,1-12H3. The average Bonchev–Trinajstić information content (AvgIpc) is 3.66. The minimum Gasteiger partial charge on any atom is -0.493 e. The van der Waals surface area contributed by atoms with Crippen molar-refractivity contribution in [3.05, 3.63) is 83.3 Å². The molecular weight excluding hydrogens is 813 g/mol. The van der Waals surface area contributed by atoms with Gasteiger partial charge in [0.1, 0.15) is 23.7 Å². The minimum atomic E-state index is -3.82. The van der Waals surface area contributed by atoms with E-state index in [2.05, 4.69) is 46.0 Å². The molecule has 0 radical (unpaired) electrons. The van der Waals surface area contributed by atoms with Gasteiger partial charge in [-0.25, -0.2) is 9.59 Å². The lowest BCUT2D eigenvalue weighted by atomic mass is 9.98. The molecule has 2 heterocycles. The van der Waals surface area contributed by atoms with Crippen LogP contribution in [0.5, 0.6) is 5.75 Å². The Kier molecular flexibility index (Phi) is 14.9. The van der Waals surface area contributed by atoms with Crippen LogP contribution in [0.2, 0.25) is 18.1 Å². The van der Waals surface area contributed by atoms with E-state index in [4.69, 9.17) is 27.9 Å². The number of fused-ring (bicyclic) bond motifs is 2. The Balaban J connectivity index is 1.66. The molecule has 0 unspecified atom stereocenters. The molecule has 15 heteroatoms. The molecule has 61 heavy (non-hydrogen) atoms. The number of aryl methyl sites for hydroxylation is 3. The van der Waals surface area contributed by atoms with Crippen molar-refractivity contribution >= 4 is 52.2 Å².